The molecule has 5 heteroatoms. The molecule has 2 aliphatic rings. The number of hydrogen-bond acceptors (Lipinski definition) is 3. The highest BCUT2D eigenvalue weighted by Crippen LogP contribution is 2.51. The number of aliphatic carboxylic acids is 1. The smallest absolute Gasteiger partial charge is 0.319 e. The molecule has 2 saturated carbocycles. The summed E-state index contributed by atoms with van der Waals surface area (Å²) in [6.07, 6.45) is 3.70. The van der Waals surface area contributed by atoms with E-state index in [-0.39, 0.29) is 23.5 Å². The number of methoxy groups -OCH3 is 1. The minimum atomic E-state index is -1.15. The van der Waals surface area contributed by atoms with Crippen molar-refractivity contribution < 1.29 is 19.4 Å². The molecule has 0 saturated heterocycles. The summed E-state index contributed by atoms with van der Waals surface area (Å²) >= 11 is 0. The lowest BCUT2D eigenvalue weighted by Gasteiger charge is -2.55. The fourth-order valence-electron chi connectivity index (χ4n) is 3.44. The molecular weight excluding hydrogens is 246 g/mol. The molecule has 0 aromatic rings. The zero-order chi connectivity index (χ0) is 14.3. The van der Waals surface area contributed by atoms with Crippen LogP contribution in [0.1, 0.15) is 46.0 Å². The van der Waals surface area contributed by atoms with Crippen LogP contribution in [-0.4, -0.2) is 36.2 Å². The number of amides is 1. The number of nitrogens with one attached hydrogen (secondary N) is 1. The number of carbonyl (C=O) groups is 2. The predicted octanol–water partition coefficient (Wildman–Crippen LogP) is 1.56. The van der Waals surface area contributed by atoms with Crippen LogP contribution in [0.5, 0.6) is 0 Å². The number of rotatable bonds is 6. The van der Waals surface area contributed by atoms with E-state index in [1.807, 2.05) is 0 Å². The van der Waals surface area contributed by atoms with E-state index in [9.17, 15) is 9.59 Å². The molecule has 2 atom stereocenters. The average molecular weight is 269 g/mol. The van der Waals surface area contributed by atoms with E-state index in [2.05, 4.69) is 19.2 Å². The molecule has 108 valence electrons. The third-order valence-corrected chi connectivity index (χ3v) is 5.29. The first-order chi connectivity index (χ1) is 8.96. The Morgan fingerprint density at radius 3 is 2.26 bits per heavy atom. The molecule has 0 aromatic carbocycles. The molecule has 0 radical (unpaired) electrons. The van der Waals surface area contributed by atoms with Crippen molar-refractivity contribution >= 4 is 11.9 Å². The second-order valence-electron chi connectivity index (χ2n) is 5.81. The monoisotopic (exact) mass is 269 g/mol. The summed E-state index contributed by atoms with van der Waals surface area (Å²) in [5, 5.41) is 12.1. The molecule has 0 aromatic heterocycles. The van der Waals surface area contributed by atoms with Gasteiger partial charge in [-0.15, -0.1) is 0 Å². The highest BCUT2D eigenvalue weighted by molar-refractivity contribution is 6.05. The maximum absolute atomic E-state index is 12.2. The van der Waals surface area contributed by atoms with Crippen LogP contribution < -0.4 is 5.32 Å². The van der Waals surface area contributed by atoms with Gasteiger partial charge in [-0.05, 0) is 32.1 Å². The van der Waals surface area contributed by atoms with Gasteiger partial charge < -0.3 is 15.2 Å². The van der Waals surface area contributed by atoms with Gasteiger partial charge in [0.2, 0.25) is 5.91 Å². The molecule has 2 fully saturated rings. The Kier molecular flexibility index (Phi) is 3.60. The van der Waals surface area contributed by atoms with Crippen LogP contribution in [0.15, 0.2) is 0 Å². The molecular formula is C14H23NO4. The number of ether oxygens (including phenoxy) is 1. The number of carbonyl (C=O) groups excluding carboxylic acids is 1. The average Bonchev–Trinajstić information content (AvgIpc) is 3.16. The van der Waals surface area contributed by atoms with Crippen LogP contribution >= 0.6 is 0 Å². The molecule has 5 nitrogen and oxygen atoms in total. The molecule has 0 spiro atoms. The van der Waals surface area contributed by atoms with Crippen molar-refractivity contribution in [2.45, 2.75) is 58.1 Å². The Hall–Kier alpha value is -1.10. The first-order valence-electron chi connectivity index (χ1n) is 7.04. The highest BCUT2D eigenvalue weighted by atomic mass is 16.5. The summed E-state index contributed by atoms with van der Waals surface area (Å²) in [5.41, 5.74) is -1.19. The molecule has 1 amide bonds. The van der Waals surface area contributed by atoms with Gasteiger partial charge in [0.25, 0.3) is 0 Å². The minimum absolute atomic E-state index is 0.0387. The summed E-state index contributed by atoms with van der Waals surface area (Å²) < 4.78 is 5.48. The number of carboxylic acids is 1. The zero-order valence-electron chi connectivity index (χ0n) is 11.9. The van der Waals surface area contributed by atoms with E-state index in [4.69, 9.17) is 9.84 Å². The zero-order valence-corrected chi connectivity index (χ0v) is 11.9. The molecule has 2 rings (SSSR count). The molecule has 0 unspecified atom stereocenters. The molecule has 0 heterocycles. The van der Waals surface area contributed by atoms with Gasteiger partial charge in [-0.1, -0.05) is 13.8 Å². The lowest BCUT2D eigenvalue weighted by atomic mass is 9.58. The lowest BCUT2D eigenvalue weighted by Crippen LogP contribution is -2.65. The number of carboxylic acid groups (broad SMARTS) is 1. The predicted molar refractivity (Wildman–Crippen MR) is 69.7 cm³/mol. The summed E-state index contributed by atoms with van der Waals surface area (Å²) in [5.74, 6) is -1.31. The van der Waals surface area contributed by atoms with Crippen molar-refractivity contribution in [3.63, 3.8) is 0 Å². The van der Waals surface area contributed by atoms with E-state index >= 15 is 0 Å². The van der Waals surface area contributed by atoms with Crippen molar-refractivity contribution in [2.24, 2.45) is 10.8 Å². The van der Waals surface area contributed by atoms with Crippen molar-refractivity contribution in [3.05, 3.63) is 0 Å². The topological polar surface area (TPSA) is 75.6 Å². The number of hydrogen-bond donors (Lipinski definition) is 2. The largest absolute Gasteiger partial charge is 0.480 e. The van der Waals surface area contributed by atoms with Crippen LogP contribution in [-0.2, 0) is 14.3 Å². The summed E-state index contributed by atoms with van der Waals surface area (Å²) in [6.45, 7) is 4.19. The van der Waals surface area contributed by atoms with Crippen LogP contribution in [0.4, 0.5) is 0 Å². The van der Waals surface area contributed by atoms with Gasteiger partial charge >= 0.3 is 5.97 Å². The maximum Gasteiger partial charge on any atom is 0.319 e. The van der Waals surface area contributed by atoms with Gasteiger partial charge in [-0.25, -0.2) is 0 Å². The molecule has 2 N–H and O–H groups in total. The van der Waals surface area contributed by atoms with Gasteiger partial charge in [0.1, 0.15) is 5.41 Å². The van der Waals surface area contributed by atoms with Gasteiger partial charge in [-0.2, -0.15) is 0 Å². The van der Waals surface area contributed by atoms with Crippen LogP contribution in [0, 0.1) is 10.8 Å². The maximum atomic E-state index is 12.2. The second kappa shape index (κ2) is 4.78. The Morgan fingerprint density at radius 1 is 1.32 bits per heavy atom. The van der Waals surface area contributed by atoms with Crippen molar-refractivity contribution in [2.75, 3.05) is 7.11 Å². The van der Waals surface area contributed by atoms with Crippen molar-refractivity contribution in [1.29, 1.82) is 0 Å². The normalized spacial score (nSPS) is 30.3. The Morgan fingerprint density at radius 2 is 1.89 bits per heavy atom. The quantitative estimate of drug-likeness (QED) is 0.718. The molecule has 2 aliphatic carbocycles. The van der Waals surface area contributed by atoms with Crippen LogP contribution in [0.25, 0.3) is 0 Å². The van der Waals surface area contributed by atoms with Crippen molar-refractivity contribution in [1.82, 2.24) is 5.32 Å². The standard InChI is InChI=1S/C14H23NO4/c1-4-13(5-2)9(8-10(13)19-3)15-11(16)14(6-7-14)12(17)18/h9-10H,4-8H2,1-3H3,(H,15,16)(H,17,18)/t9-,10-/m0/s1. The Bertz CT molecular complexity index is 385. The van der Waals surface area contributed by atoms with Crippen LogP contribution in [0.3, 0.4) is 0 Å². The third-order valence-electron chi connectivity index (χ3n) is 5.29. The first-order valence-corrected chi connectivity index (χ1v) is 7.04. The summed E-state index contributed by atoms with van der Waals surface area (Å²) in [7, 11) is 1.70. The highest BCUT2D eigenvalue weighted by Gasteiger charge is 2.60. The van der Waals surface area contributed by atoms with Gasteiger partial charge in [-0.3, -0.25) is 9.59 Å². The van der Waals surface area contributed by atoms with E-state index in [0.29, 0.717) is 12.8 Å². The van der Waals surface area contributed by atoms with E-state index < -0.39 is 11.4 Å². The van der Waals surface area contributed by atoms with E-state index in [0.717, 1.165) is 19.3 Å². The molecule has 19 heavy (non-hydrogen) atoms. The lowest BCUT2D eigenvalue weighted by molar-refractivity contribution is -0.155. The molecule has 0 bridgehead atoms. The Balaban J connectivity index is 2.04. The van der Waals surface area contributed by atoms with E-state index in [1.54, 1.807) is 7.11 Å². The fourth-order valence-corrected chi connectivity index (χ4v) is 3.44. The summed E-state index contributed by atoms with van der Waals surface area (Å²) in [4.78, 5) is 23.3. The minimum Gasteiger partial charge on any atom is -0.480 e. The van der Waals surface area contributed by atoms with Gasteiger partial charge in [0.15, 0.2) is 0 Å². The fraction of sp³-hybridized carbons (Fsp3) is 0.857. The van der Waals surface area contributed by atoms with Crippen LogP contribution in [0.2, 0.25) is 0 Å². The molecule has 0 aliphatic heterocycles. The Labute approximate surface area is 113 Å². The third kappa shape index (κ3) is 1.95. The van der Waals surface area contributed by atoms with Crippen molar-refractivity contribution in [3.8, 4) is 0 Å². The summed E-state index contributed by atoms with van der Waals surface area (Å²) in [6, 6.07) is 0.0387. The second-order valence-corrected chi connectivity index (χ2v) is 5.81. The van der Waals surface area contributed by atoms with E-state index in [1.165, 1.54) is 0 Å². The van der Waals surface area contributed by atoms with Gasteiger partial charge in [0, 0.05) is 18.6 Å². The first kappa shape index (κ1) is 14.3. The van der Waals surface area contributed by atoms with Gasteiger partial charge in [0.05, 0.1) is 6.10 Å². The SMILES string of the molecule is CCC1(CC)[C@@H](NC(=O)C2(C(=O)O)CC2)C[C@@H]1OC.